The van der Waals surface area contributed by atoms with Crippen molar-refractivity contribution in [2.75, 3.05) is 45.0 Å². The lowest BCUT2D eigenvalue weighted by Crippen LogP contribution is -2.52. The van der Waals surface area contributed by atoms with Crippen LogP contribution < -0.4 is 5.32 Å². The molecule has 0 unspecified atom stereocenters. The molecule has 0 radical (unpaired) electrons. The molecule has 1 N–H and O–H groups in total. The zero-order valence-electron chi connectivity index (χ0n) is 16.5. The molecule has 0 atom stereocenters. The molecule has 6 nitrogen and oxygen atoms in total. The number of piperazine rings is 1. The molecule has 0 spiro atoms. The van der Waals surface area contributed by atoms with Gasteiger partial charge in [0.1, 0.15) is 11.6 Å². The second-order valence-electron chi connectivity index (χ2n) is 6.71. The van der Waals surface area contributed by atoms with Gasteiger partial charge in [0, 0.05) is 56.0 Å². The number of aliphatic imine (C=N–C) groups is 1. The molecule has 28 heavy (non-hydrogen) atoms. The lowest BCUT2D eigenvalue weighted by atomic mass is 10.3. The quantitative estimate of drug-likeness (QED) is 0.331. The van der Waals surface area contributed by atoms with Crippen molar-refractivity contribution in [2.45, 2.75) is 25.3 Å². The lowest BCUT2D eigenvalue weighted by molar-refractivity contribution is 0.169. The van der Waals surface area contributed by atoms with Crippen molar-refractivity contribution < 1.29 is 8.91 Å². The fourth-order valence-corrected chi connectivity index (χ4v) is 3.92. The predicted molar refractivity (Wildman–Crippen MR) is 111 cm³/mol. The Morgan fingerprint density at radius 2 is 2.07 bits per heavy atom. The smallest absolute Gasteiger partial charge is 0.194 e. The first-order valence-corrected chi connectivity index (χ1v) is 10.7. The van der Waals surface area contributed by atoms with Gasteiger partial charge in [0.15, 0.2) is 5.96 Å². The van der Waals surface area contributed by atoms with Gasteiger partial charge in [-0.15, -0.1) is 11.8 Å². The Balaban J connectivity index is 1.47. The van der Waals surface area contributed by atoms with Crippen LogP contribution >= 0.6 is 11.8 Å². The van der Waals surface area contributed by atoms with E-state index >= 15 is 0 Å². The largest absolute Gasteiger partial charge is 0.361 e. The highest BCUT2D eigenvalue weighted by atomic mass is 32.2. The molecule has 1 aliphatic rings. The number of aryl methyl sites for hydroxylation is 1. The molecule has 1 fully saturated rings. The van der Waals surface area contributed by atoms with E-state index in [1.54, 1.807) is 6.07 Å². The van der Waals surface area contributed by atoms with Gasteiger partial charge in [-0.3, -0.25) is 9.89 Å². The summed E-state index contributed by atoms with van der Waals surface area (Å²) >= 11 is 1.50. The van der Waals surface area contributed by atoms with Crippen LogP contribution in [-0.4, -0.2) is 65.9 Å². The van der Waals surface area contributed by atoms with E-state index in [2.05, 4.69) is 27.2 Å². The van der Waals surface area contributed by atoms with E-state index in [1.807, 2.05) is 25.1 Å². The molecule has 2 heterocycles. The van der Waals surface area contributed by atoms with E-state index in [4.69, 9.17) is 9.52 Å². The molecule has 1 aromatic heterocycles. The number of thioether (sulfide) groups is 1. The van der Waals surface area contributed by atoms with Crippen LogP contribution in [0.15, 0.2) is 44.7 Å². The molecule has 1 aliphatic heterocycles. The Hall–Kier alpha value is -2.06. The van der Waals surface area contributed by atoms with Crippen LogP contribution in [-0.2, 0) is 6.54 Å². The van der Waals surface area contributed by atoms with E-state index in [0.29, 0.717) is 11.4 Å². The van der Waals surface area contributed by atoms with Gasteiger partial charge in [-0.1, -0.05) is 17.3 Å². The number of nitrogens with zero attached hydrogens (tertiary/aromatic N) is 4. The van der Waals surface area contributed by atoms with Crippen LogP contribution in [0.1, 0.15) is 18.4 Å². The number of guanidine groups is 1. The summed E-state index contributed by atoms with van der Waals surface area (Å²) in [5.41, 5.74) is 0.983. The molecule has 2 aromatic rings. The van der Waals surface area contributed by atoms with Crippen LogP contribution in [0.5, 0.6) is 0 Å². The topological polar surface area (TPSA) is 56.9 Å². The first-order chi connectivity index (χ1) is 13.7. The highest BCUT2D eigenvalue weighted by Crippen LogP contribution is 2.20. The van der Waals surface area contributed by atoms with Gasteiger partial charge < -0.3 is 14.7 Å². The van der Waals surface area contributed by atoms with Crippen molar-refractivity contribution in [3.63, 3.8) is 0 Å². The van der Waals surface area contributed by atoms with Gasteiger partial charge in [0.25, 0.3) is 0 Å². The first-order valence-electron chi connectivity index (χ1n) is 9.71. The molecule has 8 heteroatoms. The predicted octanol–water partition coefficient (Wildman–Crippen LogP) is 3.00. The van der Waals surface area contributed by atoms with Crippen molar-refractivity contribution in [1.82, 2.24) is 20.3 Å². The van der Waals surface area contributed by atoms with Crippen molar-refractivity contribution in [2.24, 2.45) is 4.99 Å². The van der Waals surface area contributed by atoms with E-state index in [-0.39, 0.29) is 5.82 Å². The summed E-state index contributed by atoms with van der Waals surface area (Å²) in [6.45, 7) is 10.0. The SMILES string of the molecule is CCNC(=NCCSc1ccccc1F)N1CCN(Cc2cc(C)on2)CC1. The third-order valence-corrected chi connectivity index (χ3v) is 5.54. The zero-order valence-corrected chi connectivity index (χ0v) is 17.3. The number of hydrogen-bond acceptors (Lipinski definition) is 5. The van der Waals surface area contributed by atoms with Crippen molar-refractivity contribution in [3.05, 3.63) is 47.6 Å². The standard InChI is InChI=1S/C20H28FN5OS/c1-3-22-20(23-8-13-28-19-7-5-4-6-18(19)21)26-11-9-25(10-12-26)15-17-14-16(2)27-24-17/h4-7,14H,3,8-13,15H2,1-2H3,(H,22,23). The third-order valence-electron chi connectivity index (χ3n) is 4.52. The Kier molecular flexibility index (Phi) is 7.73. The molecule has 1 aromatic carbocycles. The molecule has 1 saturated heterocycles. The number of halogens is 1. The molecule has 0 aliphatic carbocycles. The molecule has 0 amide bonds. The van der Waals surface area contributed by atoms with E-state index < -0.39 is 0 Å². The molecule has 152 valence electrons. The highest BCUT2D eigenvalue weighted by Gasteiger charge is 2.20. The van der Waals surface area contributed by atoms with Gasteiger partial charge >= 0.3 is 0 Å². The second kappa shape index (κ2) is 10.5. The third kappa shape index (κ3) is 5.97. The number of nitrogens with one attached hydrogen (secondary N) is 1. The van der Waals surface area contributed by atoms with Gasteiger partial charge in [-0.05, 0) is 26.0 Å². The van der Waals surface area contributed by atoms with E-state index in [1.165, 1.54) is 17.8 Å². The highest BCUT2D eigenvalue weighted by molar-refractivity contribution is 7.99. The average Bonchev–Trinajstić information content (AvgIpc) is 3.11. The summed E-state index contributed by atoms with van der Waals surface area (Å²) in [6, 6.07) is 8.87. The minimum absolute atomic E-state index is 0.165. The lowest BCUT2D eigenvalue weighted by Gasteiger charge is -2.36. The number of rotatable bonds is 7. The van der Waals surface area contributed by atoms with Crippen LogP contribution in [0.2, 0.25) is 0 Å². The van der Waals surface area contributed by atoms with Crippen molar-refractivity contribution >= 4 is 17.7 Å². The van der Waals surface area contributed by atoms with Crippen molar-refractivity contribution in [1.29, 1.82) is 0 Å². The van der Waals surface area contributed by atoms with Gasteiger partial charge in [0.05, 0.1) is 12.2 Å². The molecular formula is C20H28FN5OS. The number of aromatic nitrogens is 1. The Labute approximate surface area is 170 Å². The van der Waals surface area contributed by atoms with Gasteiger partial charge in [-0.2, -0.15) is 0 Å². The first kappa shape index (κ1) is 20.7. The maximum atomic E-state index is 13.7. The van der Waals surface area contributed by atoms with Crippen LogP contribution in [0.25, 0.3) is 0 Å². The molecule has 0 bridgehead atoms. The fraction of sp³-hybridized carbons (Fsp3) is 0.500. The van der Waals surface area contributed by atoms with Gasteiger partial charge in [-0.25, -0.2) is 4.39 Å². The zero-order chi connectivity index (χ0) is 19.8. The van der Waals surface area contributed by atoms with Crippen LogP contribution in [0.3, 0.4) is 0 Å². The van der Waals surface area contributed by atoms with E-state index in [0.717, 1.165) is 62.4 Å². The maximum Gasteiger partial charge on any atom is 0.194 e. The fourth-order valence-electron chi connectivity index (χ4n) is 3.13. The Bertz CT molecular complexity index is 773. The Morgan fingerprint density at radius 3 is 2.75 bits per heavy atom. The summed E-state index contributed by atoms with van der Waals surface area (Å²) in [6.07, 6.45) is 0. The monoisotopic (exact) mass is 405 g/mol. The molecule has 0 saturated carbocycles. The summed E-state index contributed by atoms with van der Waals surface area (Å²) < 4.78 is 18.8. The minimum Gasteiger partial charge on any atom is -0.361 e. The normalized spacial score (nSPS) is 15.8. The van der Waals surface area contributed by atoms with Crippen LogP contribution in [0, 0.1) is 12.7 Å². The van der Waals surface area contributed by atoms with Crippen molar-refractivity contribution in [3.8, 4) is 0 Å². The molecule has 3 rings (SSSR count). The van der Waals surface area contributed by atoms with Gasteiger partial charge in [0.2, 0.25) is 0 Å². The average molecular weight is 406 g/mol. The van der Waals surface area contributed by atoms with Crippen LogP contribution in [0.4, 0.5) is 4.39 Å². The minimum atomic E-state index is -0.165. The second-order valence-corrected chi connectivity index (χ2v) is 7.84. The summed E-state index contributed by atoms with van der Waals surface area (Å²) in [7, 11) is 0. The number of benzene rings is 1. The summed E-state index contributed by atoms with van der Waals surface area (Å²) in [4.78, 5) is 10.1. The summed E-state index contributed by atoms with van der Waals surface area (Å²) in [5, 5.41) is 7.46. The summed E-state index contributed by atoms with van der Waals surface area (Å²) in [5.74, 6) is 2.38. The molecular weight excluding hydrogens is 377 g/mol. The van der Waals surface area contributed by atoms with E-state index in [9.17, 15) is 4.39 Å². The number of hydrogen-bond donors (Lipinski definition) is 1. The maximum absolute atomic E-state index is 13.7. The Morgan fingerprint density at radius 1 is 1.29 bits per heavy atom.